The molecule has 3 aromatic rings. The summed E-state index contributed by atoms with van der Waals surface area (Å²) in [5.74, 6) is -5.61. The smallest absolute Gasteiger partial charge is 0.243 e. The van der Waals surface area contributed by atoms with E-state index in [2.05, 4.69) is 64.1 Å². The average Bonchev–Trinajstić information content (AvgIpc) is 3.78. The van der Waals surface area contributed by atoms with Gasteiger partial charge in [0.15, 0.2) is 11.9 Å². The minimum atomic E-state index is -1.45. The van der Waals surface area contributed by atoms with E-state index < -0.39 is 89.6 Å². The minimum absolute atomic E-state index is 0.00471. The maximum absolute atomic E-state index is 14.7. The van der Waals surface area contributed by atoms with Gasteiger partial charge in [-0.2, -0.15) is 0 Å². The third-order valence-corrected chi connectivity index (χ3v) is 12.3. The Morgan fingerprint density at radius 2 is 1.34 bits per heavy atom. The topological polar surface area (TPSA) is 439 Å². The first-order valence-electron chi connectivity index (χ1n) is 25.1. The first kappa shape index (κ1) is 60.1. The van der Waals surface area contributed by atoms with Crippen molar-refractivity contribution in [3.05, 3.63) is 78.1 Å². The second-order valence-corrected chi connectivity index (χ2v) is 18.3. The van der Waals surface area contributed by atoms with Gasteiger partial charge in [-0.05, 0) is 87.2 Å². The van der Waals surface area contributed by atoms with E-state index >= 15 is 0 Å². The fraction of sp³-hybridized carbons (Fsp3) is 0.480. The molecule has 76 heavy (non-hydrogen) atoms. The quantitative estimate of drug-likeness (QED) is 0.0323. The van der Waals surface area contributed by atoms with E-state index in [4.69, 9.17) is 39.1 Å². The molecule has 414 valence electrons. The molecule has 0 saturated carbocycles. The summed E-state index contributed by atoms with van der Waals surface area (Å²) in [4.78, 5) is 123. The maximum Gasteiger partial charge on any atom is 0.243 e. The molecule has 1 aliphatic heterocycles. The molecule has 2 aromatic carbocycles. The van der Waals surface area contributed by atoms with Crippen molar-refractivity contribution >= 4 is 70.1 Å². The molecule has 0 spiro atoms. The molecule has 0 unspecified atom stereocenters. The minimum Gasteiger partial charge on any atom is -0.497 e. The van der Waals surface area contributed by atoms with Crippen LogP contribution in [0.1, 0.15) is 75.8 Å². The first-order chi connectivity index (χ1) is 36.3. The van der Waals surface area contributed by atoms with Crippen molar-refractivity contribution < 1.29 is 43.1 Å². The molecule has 1 fully saturated rings. The van der Waals surface area contributed by atoms with Gasteiger partial charge in [0.1, 0.15) is 42.0 Å². The zero-order valence-corrected chi connectivity index (χ0v) is 43.1. The van der Waals surface area contributed by atoms with Gasteiger partial charge in [-0.25, -0.2) is 0 Å². The van der Waals surface area contributed by atoms with E-state index in [0.29, 0.717) is 16.9 Å². The predicted molar refractivity (Wildman–Crippen MR) is 286 cm³/mol. The summed E-state index contributed by atoms with van der Waals surface area (Å²) in [6.07, 6.45) is 1.82. The van der Waals surface area contributed by atoms with E-state index in [1.807, 2.05) is 24.3 Å². The number of nitrogens with one attached hydrogen (secondary N) is 9. The van der Waals surface area contributed by atoms with Crippen LogP contribution >= 0.6 is 0 Å². The van der Waals surface area contributed by atoms with Crippen molar-refractivity contribution in [3.8, 4) is 5.75 Å². The number of aromatic nitrogens is 1. The number of hydrogen-bond acceptors (Lipinski definition) is 13. The molecule has 7 atom stereocenters. The number of carbonyl (C=O) groups is 8. The van der Waals surface area contributed by atoms with Crippen molar-refractivity contribution in [2.24, 2.45) is 44.4 Å². The molecule has 1 aromatic heterocycles. The molecule has 1 saturated heterocycles. The summed E-state index contributed by atoms with van der Waals surface area (Å²) < 4.78 is 5.32. The summed E-state index contributed by atoms with van der Waals surface area (Å²) in [5.41, 5.74) is 36.4. The lowest BCUT2D eigenvalue weighted by Crippen LogP contribution is -2.60. The zero-order valence-electron chi connectivity index (χ0n) is 43.1. The summed E-state index contributed by atoms with van der Waals surface area (Å²) >= 11 is 0. The van der Waals surface area contributed by atoms with Crippen LogP contribution in [-0.4, -0.2) is 140 Å². The standard InChI is InChI=1S/C50H75N17O9/c1-28(52)34-11-6-22-57-42(69)19-18-38(64-43(70)36(61-29(2)68)12-7-23-58-49(53)54)45(72)65-39(20-21-51)46(73)66-40(25-30-14-16-32(76-3)17-15-30)47(74)63-37(13-8-24-59-50(55)56)44(71)67-41(48(75)62-34)26-31-27-60-35-10-5-4-9-33(31)35/h4-5,9-10,14-17,27,34,36-41,60H,1,6-8,11-13,18-26,51-52H2,2-3H3,(H,57,69)(H,61,68)(H,62,75)(H,63,74)(H,64,70)(H,65,72)(H,66,73)(H,67,71)(H4,53,54,58)(H4,55,56,59)/t34-,36-,37-,38-,39-,40+,41-/m0/s1. The van der Waals surface area contributed by atoms with Gasteiger partial charge in [0.2, 0.25) is 47.3 Å². The number of methoxy groups -OCH3 is 1. The molecular weight excluding hydrogens is 983 g/mol. The Morgan fingerprint density at radius 1 is 0.750 bits per heavy atom. The number of fused-ring (bicyclic) bond motifs is 1. The number of aromatic amines is 1. The molecule has 26 nitrogen and oxygen atoms in total. The maximum atomic E-state index is 14.7. The number of nitrogens with two attached hydrogens (primary N) is 6. The lowest BCUT2D eigenvalue weighted by atomic mass is 10.0. The van der Waals surface area contributed by atoms with Crippen LogP contribution in [0.5, 0.6) is 5.75 Å². The fourth-order valence-electron chi connectivity index (χ4n) is 8.31. The highest BCUT2D eigenvalue weighted by Gasteiger charge is 2.34. The van der Waals surface area contributed by atoms with Gasteiger partial charge in [-0.3, -0.25) is 48.3 Å². The van der Waals surface area contributed by atoms with E-state index in [1.165, 1.54) is 14.0 Å². The summed E-state index contributed by atoms with van der Waals surface area (Å²) in [6, 6.07) is 5.26. The number of aliphatic imine (C=N–C) groups is 2. The number of nitrogens with zero attached hydrogens (tertiary/aromatic N) is 2. The van der Waals surface area contributed by atoms with E-state index in [-0.39, 0.29) is 114 Å². The van der Waals surface area contributed by atoms with E-state index in [1.54, 1.807) is 30.5 Å². The predicted octanol–water partition coefficient (Wildman–Crippen LogP) is -3.01. The number of rotatable bonds is 19. The van der Waals surface area contributed by atoms with Crippen LogP contribution in [0.3, 0.4) is 0 Å². The van der Waals surface area contributed by atoms with Crippen molar-refractivity contribution in [1.82, 2.24) is 47.5 Å². The largest absolute Gasteiger partial charge is 0.497 e. The lowest BCUT2D eigenvalue weighted by Gasteiger charge is -2.28. The molecule has 0 bridgehead atoms. The SMILES string of the molecule is C=C(N)[C@@H]1CCCNC(=O)CC[C@H](NC(=O)[C@H](CCCN=C(N)N)NC(C)=O)C(=O)N[C@@H](CCN)C(=O)N[C@H](Cc2ccc(OC)cc2)C(=O)N[C@@H](CCCN=C(N)N)C(=O)N[C@@H](Cc2c[nH]c3ccccc23)C(=O)N1. The fourth-order valence-corrected chi connectivity index (χ4v) is 8.31. The molecule has 8 amide bonds. The molecule has 0 radical (unpaired) electrons. The second-order valence-electron chi connectivity index (χ2n) is 18.3. The highest BCUT2D eigenvalue weighted by atomic mass is 16.5. The average molecular weight is 1060 g/mol. The third kappa shape index (κ3) is 20.1. The van der Waals surface area contributed by atoms with Crippen molar-refractivity contribution in [3.63, 3.8) is 0 Å². The molecule has 0 aliphatic carbocycles. The van der Waals surface area contributed by atoms with Gasteiger partial charge >= 0.3 is 0 Å². The van der Waals surface area contributed by atoms with Crippen molar-refractivity contribution in [2.75, 3.05) is 33.3 Å². The molecule has 1 aliphatic rings. The highest BCUT2D eigenvalue weighted by Crippen LogP contribution is 2.20. The number of amides is 8. The summed E-state index contributed by atoms with van der Waals surface area (Å²) in [7, 11) is 1.48. The lowest BCUT2D eigenvalue weighted by molar-refractivity contribution is -0.135. The Bertz CT molecular complexity index is 2540. The molecule has 21 N–H and O–H groups in total. The number of guanidine groups is 2. The number of para-hydroxylation sites is 1. The van der Waals surface area contributed by atoms with Gasteiger partial charge in [0.05, 0.1) is 13.2 Å². The third-order valence-electron chi connectivity index (χ3n) is 12.3. The number of carbonyl (C=O) groups excluding carboxylic acids is 8. The first-order valence-corrected chi connectivity index (χ1v) is 25.1. The van der Waals surface area contributed by atoms with Gasteiger partial charge in [-0.15, -0.1) is 0 Å². The van der Waals surface area contributed by atoms with Gasteiger partial charge in [0.25, 0.3) is 0 Å². The second kappa shape index (κ2) is 30.7. The Kier molecular flexibility index (Phi) is 24.3. The van der Waals surface area contributed by atoms with Crippen LogP contribution < -0.4 is 81.7 Å². The van der Waals surface area contributed by atoms with Crippen LogP contribution in [0.2, 0.25) is 0 Å². The number of H-pyrrole nitrogens is 1. The van der Waals surface area contributed by atoms with Crippen molar-refractivity contribution in [1.29, 1.82) is 0 Å². The van der Waals surface area contributed by atoms with E-state index in [0.717, 1.165) is 10.9 Å². The summed E-state index contributed by atoms with van der Waals surface area (Å²) in [6.45, 7) is 5.25. The van der Waals surface area contributed by atoms with Crippen LogP contribution in [0.4, 0.5) is 0 Å². The zero-order chi connectivity index (χ0) is 55.7. The molecular formula is C50H75N17O9. The Morgan fingerprint density at radius 3 is 1.97 bits per heavy atom. The Balaban J connectivity index is 1.78. The van der Waals surface area contributed by atoms with Gasteiger partial charge in [0, 0.05) is 68.6 Å². The van der Waals surface area contributed by atoms with Crippen LogP contribution in [-0.2, 0) is 51.2 Å². The molecule has 2 heterocycles. The van der Waals surface area contributed by atoms with Gasteiger partial charge in [-0.1, -0.05) is 36.9 Å². The van der Waals surface area contributed by atoms with Crippen LogP contribution in [0.15, 0.2) is 77.0 Å². The van der Waals surface area contributed by atoms with Crippen LogP contribution in [0, 0.1) is 0 Å². The monoisotopic (exact) mass is 1060 g/mol. The van der Waals surface area contributed by atoms with Gasteiger partial charge < -0.3 is 86.7 Å². The normalized spacial score (nSPS) is 20.9. The molecule has 4 rings (SSSR count). The summed E-state index contributed by atoms with van der Waals surface area (Å²) in [5, 5.41) is 22.6. The number of hydrogen-bond donors (Lipinski definition) is 15. The van der Waals surface area contributed by atoms with Crippen LogP contribution in [0.25, 0.3) is 10.9 Å². The number of ether oxygens (including phenoxy) is 1. The Hall–Kier alpha value is -8.42. The Labute approximate surface area is 440 Å². The number of benzene rings is 2. The molecule has 26 heteroatoms. The highest BCUT2D eigenvalue weighted by molar-refractivity contribution is 5.97. The van der Waals surface area contributed by atoms with E-state index in [9.17, 15) is 38.4 Å². The van der Waals surface area contributed by atoms with Crippen molar-refractivity contribution in [2.45, 2.75) is 120 Å².